The fraction of sp³-hybridized carbons (Fsp3) is 0.541. The van der Waals surface area contributed by atoms with E-state index >= 15 is 0 Å². The van der Waals surface area contributed by atoms with Crippen LogP contribution in [0.5, 0.6) is 0 Å². The Labute approximate surface area is 337 Å². The van der Waals surface area contributed by atoms with Gasteiger partial charge in [-0.3, -0.25) is 13.9 Å². The molecule has 0 bridgehead atoms. The van der Waals surface area contributed by atoms with E-state index in [1.54, 1.807) is 0 Å². The number of rotatable bonds is 27. The molecule has 304 valence electrons. The summed E-state index contributed by atoms with van der Waals surface area (Å²) >= 11 is 1.84. The van der Waals surface area contributed by atoms with E-state index in [9.17, 15) is 29.9 Å². The summed E-state index contributed by atoms with van der Waals surface area (Å²) in [5, 5.41) is 30.5. The molecule has 1 aromatic heterocycles. The zero-order valence-electron chi connectivity index (χ0n) is 31.9. The van der Waals surface area contributed by atoms with Crippen LogP contribution in [0.2, 0.25) is 0 Å². The molecule has 2 heterocycles. The molecule has 0 saturated carbocycles. The Morgan fingerprint density at radius 3 is 2.16 bits per heavy atom. The third kappa shape index (κ3) is 18.5. The van der Waals surface area contributed by atoms with Crippen LogP contribution in [-0.2, 0) is 23.1 Å². The number of aliphatic hydroxyl groups excluding tert-OH is 2. The van der Waals surface area contributed by atoms with Crippen molar-refractivity contribution >= 4 is 36.2 Å². The second-order valence-corrected chi connectivity index (χ2v) is 15.4. The average molecular weight is 899 g/mol. The predicted molar refractivity (Wildman–Crippen MR) is 222 cm³/mol. The van der Waals surface area contributed by atoms with E-state index in [1.165, 1.54) is 12.3 Å². The van der Waals surface area contributed by atoms with E-state index < -0.39 is 44.2 Å². The first kappa shape index (κ1) is 47.9. The quantitative estimate of drug-likeness (QED) is 0.0153. The summed E-state index contributed by atoms with van der Waals surface area (Å²) in [6.07, 6.45) is 28.7. The molecule has 1 aromatic rings. The van der Waals surface area contributed by atoms with Gasteiger partial charge in [0.05, 0.1) is 6.61 Å². The van der Waals surface area contributed by atoms with E-state index in [-0.39, 0.29) is 12.5 Å². The number of nitrogens with zero attached hydrogens (tertiary/aromatic N) is 6. The number of nitrogens with one attached hydrogen (secondary N) is 2. The molecule has 1 saturated heterocycles. The van der Waals surface area contributed by atoms with Crippen LogP contribution < -0.4 is 16.1 Å². The lowest BCUT2D eigenvalue weighted by molar-refractivity contribution is -0.121. The van der Waals surface area contributed by atoms with Crippen LogP contribution >= 0.6 is 30.3 Å². The van der Waals surface area contributed by atoms with Gasteiger partial charge in [-0.2, -0.15) is 4.98 Å². The van der Waals surface area contributed by atoms with E-state index in [2.05, 4.69) is 99.2 Å². The second-order valence-electron chi connectivity index (χ2n) is 12.4. The molecule has 0 aromatic carbocycles. The van der Waals surface area contributed by atoms with Gasteiger partial charge in [-0.1, -0.05) is 85.0 Å². The minimum atomic E-state index is -4.01. The van der Waals surface area contributed by atoms with E-state index in [0.717, 1.165) is 50.2 Å². The number of carbonyl (C=O) groups is 1. The highest BCUT2D eigenvalue weighted by Gasteiger charge is 2.56. The molecule has 0 aliphatic carbocycles. The SMILES string of the molecule is CC/C=C\C/C=C\C/C=C\C/C=C\C/C=C\C/C=C\CCC(=O)NCCN(C)CCNP(=O)(OC)OC[C@@]1(N=[N+]=[N-])O[C@@H](n2ccc(I)nc2=O)[C@H](O)[C@@H]1O. The number of hydrogen-bond acceptors (Lipinski definition) is 11. The largest absolute Gasteiger partial charge is 0.405 e. The smallest absolute Gasteiger partial charge is 0.387 e. The maximum atomic E-state index is 13.3. The number of hydrogen-bond donors (Lipinski definition) is 4. The number of aliphatic hydroxyl groups is 2. The van der Waals surface area contributed by atoms with Gasteiger partial charge >= 0.3 is 13.4 Å². The summed E-state index contributed by atoms with van der Waals surface area (Å²) in [4.78, 5) is 33.0. The monoisotopic (exact) mass is 898 g/mol. The highest BCUT2D eigenvalue weighted by Crippen LogP contribution is 2.46. The number of likely N-dealkylation sites (N-methyl/N-ethyl adjacent to an activating group) is 1. The molecule has 1 unspecified atom stereocenters. The van der Waals surface area contributed by atoms with Crippen LogP contribution in [-0.4, -0.2) is 95.4 Å². The number of aromatic nitrogens is 2. The lowest BCUT2D eigenvalue weighted by Crippen LogP contribution is -2.45. The van der Waals surface area contributed by atoms with E-state index in [1.807, 2.05) is 40.6 Å². The number of amides is 1. The number of allylic oxidation sites excluding steroid dienone is 12. The number of carbonyl (C=O) groups excluding carboxylic acids is 1. The number of halogens is 1. The van der Waals surface area contributed by atoms with Crippen LogP contribution in [0.25, 0.3) is 10.4 Å². The molecule has 1 aliphatic rings. The van der Waals surface area contributed by atoms with Gasteiger partial charge in [-0.05, 0) is 86.2 Å². The van der Waals surface area contributed by atoms with Gasteiger partial charge < -0.3 is 29.7 Å². The lowest BCUT2D eigenvalue weighted by Gasteiger charge is -2.28. The Balaban J connectivity index is 1.62. The van der Waals surface area contributed by atoms with E-state index in [0.29, 0.717) is 36.2 Å². The van der Waals surface area contributed by atoms with Gasteiger partial charge in [-0.25, -0.2) is 14.4 Å². The first-order chi connectivity index (χ1) is 26.5. The van der Waals surface area contributed by atoms with Crippen LogP contribution in [0.1, 0.15) is 64.5 Å². The van der Waals surface area contributed by atoms with Crippen LogP contribution in [0.15, 0.2) is 95.1 Å². The minimum Gasteiger partial charge on any atom is -0.387 e. The number of ether oxygens (including phenoxy) is 1. The molecule has 1 aliphatic heterocycles. The van der Waals surface area contributed by atoms with Gasteiger partial charge in [0.15, 0.2) is 6.23 Å². The molecule has 5 atom stereocenters. The minimum absolute atomic E-state index is 0.0517. The Hall–Kier alpha value is -3.22. The second kappa shape index (κ2) is 27.4. The fourth-order valence-electron chi connectivity index (χ4n) is 5.04. The van der Waals surface area contributed by atoms with Crippen LogP contribution in [0.3, 0.4) is 0 Å². The Bertz CT molecular complexity index is 1640. The molecule has 0 radical (unpaired) electrons. The van der Waals surface area contributed by atoms with Crippen molar-refractivity contribution in [3.8, 4) is 0 Å². The fourth-order valence-corrected chi connectivity index (χ4v) is 6.47. The molecule has 55 heavy (non-hydrogen) atoms. The first-order valence-corrected chi connectivity index (χ1v) is 20.9. The predicted octanol–water partition coefficient (Wildman–Crippen LogP) is 5.99. The Morgan fingerprint density at radius 1 is 1.05 bits per heavy atom. The zero-order chi connectivity index (χ0) is 40.4. The van der Waals surface area contributed by atoms with Crippen molar-refractivity contribution in [3.05, 3.63) is 110 Å². The number of azide groups is 1. The van der Waals surface area contributed by atoms with Crippen molar-refractivity contribution in [3.63, 3.8) is 0 Å². The van der Waals surface area contributed by atoms with Crippen LogP contribution in [0.4, 0.5) is 0 Å². The van der Waals surface area contributed by atoms with Gasteiger partial charge in [0.25, 0.3) is 0 Å². The highest BCUT2D eigenvalue weighted by molar-refractivity contribution is 14.1. The average Bonchev–Trinajstić information content (AvgIpc) is 3.40. The zero-order valence-corrected chi connectivity index (χ0v) is 34.9. The highest BCUT2D eigenvalue weighted by atomic mass is 127. The maximum Gasteiger partial charge on any atom is 0.405 e. The topological polar surface area (TPSA) is 213 Å². The molecule has 4 N–H and O–H groups in total. The Kier molecular flexibility index (Phi) is 23.9. The summed E-state index contributed by atoms with van der Waals surface area (Å²) in [7, 11) is -1.04. The molecule has 1 fully saturated rings. The molecule has 18 heteroatoms. The van der Waals surface area contributed by atoms with Gasteiger partial charge in [0, 0.05) is 50.8 Å². The summed E-state index contributed by atoms with van der Waals surface area (Å²) in [5.74, 6) is -0.0517. The summed E-state index contributed by atoms with van der Waals surface area (Å²) in [6, 6.07) is 1.48. The molecule has 0 spiro atoms. The lowest BCUT2D eigenvalue weighted by atomic mass is 10.1. The van der Waals surface area contributed by atoms with Crippen molar-refractivity contribution in [1.82, 2.24) is 24.9 Å². The van der Waals surface area contributed by atoms with Crippen molar-refractivity contribution in [2.45, 2.75) is 82.5 Å². The third-order valence-electron chi connectivity index (χ3n) is 8.12. The first-order valence-electron chi connectivity index (χ1n) is 18.3. The molecular weight excluding hydrogens is 842 g/mol. The van der Waals surface area contributed by atoms with Crippen molar-refractivity contribution in [2.75, 3.05) is 46.9 Å². The van der Waals surface area contributed by atoms with Crippen molar-refractivity contribution in [2.24, 2.45) is 5.11 Å². The van der Waals surface area contributed by atoms with Crippen LogP contribution in [0, 0.1) is 3.70 Å². The van der Waals surface area contributed by atoms with E-state index in [4.69, 9.17) is 13.8 Å². The van der Waals surface area contributed by atoms with Crippen molar-refractivity contribution in [1.29, 1.82) is 0 Å². The molecular formula is C37H56IN8O8P. The Morgan fingerprint density at radius 2 is 1.62 bits per heavy atom. The van der Waals surface area contributed by atoms with Crippen molar-refractivity contribution < 1.29 is 33.4 Å². The molecule has 16 nitrogen and oxygen atoms in total. The van der Waals surface area contributed by atoms with Gasteiger partial charge in [0.1, 0.15) is 15.9 Å². The normalized spacial score (nSPS) is 21.6. The maximum absolute atomic E-state index is 13.3. The summed E-state index contributed by atoms with van der Waals surface area (Å²) in [6.45, 7) is 2.84. The summed E-state index contributed by atoms with van der Waals surface area (Å²) in [5.41, 5.74) is 6.17. The van der Waals surface area contributed by atoms with Gasteiger partial charge in [-0.15, -0.1) is 0 Å². The third-order valence-corrected chi connectivity index (χ3v) is 10.3. The van der Waals surface area contributed by atoms with Gasteiger partial charge in [0.2, 0.25) is 11.6 Å². The standard InChI is InChI=1S/C37H56IN8O8P/c1-4-5-6-7-8-9-10-11-12-13-14-15-16-17-18-19-20-21-22-23-32(47)40-25-28-45(2)29-26-41-55(51,52-3)53-30-37(43-44-39)34(49)33(48)35(54-37)46-27-24-31(38)42-36(46)50/h5-6,8-9,11-12,14-15,17-18,20-21,24,27,33-35,48-49H,4,7,10,13,16,19,22-23,25-26,28-30H2,1-3H3,(H,40,47)(H,41,51)/b6-5-,9-8-,12-11-,15-14-,18-17-,21-20-/t33-,34+,35-,37-,55?/m1/s1. The molecule has 2 rings (SSSR count). The summed E-state index contributed by atoms with van der Waals surface area (Å²) < 4.78 is 30.8. The molecule has 1 amide bonds.